The average molecular weight is 286 g/mol. The summed E-state index contributed by atoms with van der Waals surface area (Å²) >= 11 is 0. The molecule has 1 aromatic carbocycles. The molecule has 0 saturated carbocycles. The molecule has 1 heterocycles. The summed E-state index contributed by atoms with van der Waals surface area (Å²) < 4.78 is 2.01. The van der Waals surface area contributed by atoms with Crippen LogP contribution in [0.5, 0.6) is 0 Å². The van der Waals surface area contributed by atoms with Crippen molar-refractivity contribution in [3.8, 4) is 5.69 Å². The highest BCUT2D eigenvalue weighted by atomic mass is 15.4. The van der Waals surface area contributed by atoms with Crippen molar-refractivity contribution < 1.29 is 0 Å². The fraction of sp³-hybridized carbons (Fsp3) is 0.529. The van der Waals surface area contributed by atoms with E-state index in [9.17, 15) is 0 Å². The second-order valence-corrected chi connectivity index (χ2v) is 5.42. The molecule has 114 valence electrons. The lowest BCUT2D eigenvalue weighted by Crippen LogP contribution is -2.22. The number of aromatic nitrogens is 3. The molecule has 0 bridgehead atoms. The Labute approximate surface area is 127 Å². The van der Waals surface area contributed by atoms with Crippen LogP contribution in [-0.4, -0.2) is 21.5 Å². The zero-order valence-corrected chi connectivity index (χ0v) is 13.8. The van der Waals surface area contributed by atoms with Gasteiger partial charge in [-0.05, 0) is 50.4 Å². The number of hydrogen-bond donors (Lipinski definition) is 1. The lowest BCUT2D eigenvalue weighted by atomic mass is 10.1. The number of nitrogens with zero attached hydrogens (tertiary/aromatic N) is 3. The number of aryl methyl sites for hydroxylation is 1. The molecule has 0 aliphatic carbocycles. The zero-order valence-electron chi connectivity index (χ0n) is 13.8. The second-order valence-electron chi connectivity index (χ2n) is 5.42. The summed E-state index contributed by atoms with van der Waals surface area (Å²) in [7, 11) is 0. The van der Waals surface area contributed by atoms with Crippen molar-refractivity contribution >= 4 is 0 Å². The molecule has 0 aliphatic rings. The summed E-state index contributed by atoms with van der Waals surface area (Å²) in [6.07, 6.45) is 1.95. The van der Waals surface area contributed by atoms with Gasteiger partial charge < -0.3 is 5.32 Å². The van der Waals surface area contributed by atoms with Gasteiger partial charge in [0.2, 0.25) is 0 Å². The largest absolute Gasteiger partial charge is 0.309 e. The van der Waals surface area contributed by atoms with Crippen LogP contribution in [0.3, 0.4) is 0 Å². The predicted octanol–water partition coefficient (Wildman–Crippen LogP) is 3.51. The standard InChI is InChI=1S/C17H26N4/c1-6-14(18-8-3)17-15(7-2)21(20-19-17)16-11-9-10-12(4)13(16)5/h9-11,14,18H,6-8H2,1-5H3. The van der Waals surface area contributed by atoms with Gasteiger partial charge in [0.15, 0.2) is 0 Å². The van der Waals surface area contributed by atoms with Gasteiger partial charge in [-0.15, -0.1) is 5.10 Å². The van der Waals surface area contributed by atoms with Crippen molar-refractivity contribution in [1.82, 2.24) is 20.3 Å². The van der Waals surface area contributed by atoms with E-state index >= 15 is 0 Å². The van der Waals surface area contributed by atoms with E-state index in [0.29, 0.717) is 0 Å². The molecule has 2 rings (SSSR count). The van der Waals surface area contributed by atoms with E-state index in [4.69, 9.17) is 0 Å². The second kappa shape index (κ2) is 6.85. The minimum Gasteiger partial charge on any atom is -0.309 e. The van der Waals surface area contributed by atoms with Gasteiger partial charge >= 0.3 is 0 Å². The molecule has 1 atom stereocenters. The topological polar surface area (TPSA) is 42.7 Å². The fourth-order valence-corrected chi connectivity index (χ4v) is 2.75. The first-order chi connectivity index (χ1) is 10.1. The monoisotopic (exact) mass is 286 g/mol. The van der Waals surface area contributed by atoms with Crippen LogP contribution in [0, 0.1) is 13.8 Å². The summed E-state index contributed by atoms with van der Waals surface area (Å²) in [6.45, 7) is 11.7. The van der Waals surface area contributed by atoms with Gasteiger partial charge in [0, 0.05) is 0 Å². The van der Waals surface area contributed by atoms with Crippen molar-refractivity contribution in [1.29, 1.82) is 0 Å². The first kappa shape index (κ1) is 15.7. The Bertz CT molecular complexity index is 601. The molecule has 0 fully saturated rings. The Morgan fingerprint density at radius 1 is 1.19 bits per heavy atom. The minimum atomic E-state index is 0.281. The summed E-state index contributed by atoms with van der Waals surface area (Å²) in [5, 5.41) is 12.4. The molecule has 1 N–H and O–H groups in total. The van der Waals surface area contributed by atoms with Gasteiger partial charge in [-0.25, -0.2) is 4.68 Å². The molecule has 0 amide bonds. The Hall–Kier alpha value is -1.68. The Morgan fingerprint density at radius 2 is 1.95 bits per heavy atom. The maximum Gasteiger partial charge on any atom is 0.103 e. The van der Waals surface area contributed by atoms with Crippen LogP contribution in [0.15, 0.2) is 18.2 Å². The molecule has 0 radical (unpaired) electrons. The quantitative estimate of drug-likeness (QED) is 0.883. The lowest BCUT2D eigenvalue weighted by molar-refractivity contribution is 0.520. The first-order valence-electron chi connectivity index (χ1n) is 7.88. The van der Waals surface area contributed by atoms with Crippen molar-refractivity contribution in [2.24, 2.45) is 0 Å². The van der Waals surface area contributed by atoms with E-state index in [0.717, 1.165) is 30.8 Å². The van der Waals surface area contributed by atoms with Gasteiger partial charge in [-0.3, -0.25) is 0 Å². The minimum absolute atomic E-state index is 0.281. The molecular formula is C17H26N4. The lowest BCUT2D eigenvalue weighted by Gasteiger charge is -2.16. The van der Waals surface area contributed by atoms with E-state index in [-0.39, 0.29) is 6.04 Å². The Balaban J connectivity index is 2.51. The number of benzene rings is 1. The highest BCUT2D eigenvalue weighted by molar-refractivity contribution is 5.45. The molecule has 0 saturated heterocycles. The normalized spacial score (nSPS) is 12.6. The molecule has 2 aromatic rings. The third kappa shape index (κ3) is 3.00. The number of nitrogens with one attached hydrogen (secondary N) is 1. The molecule has 1 aromatic heterocycles. The van der Waals surface area contributed by atoms with Crippen molar-refractivity contribution in [3.05, 3.63) is 40.7 Å². The fourth-order valence-electron chi connectivity index (χ4n) is 2.75. The van der Waals surface area contributed by atoms with Gasteiger partial charge in [-0.2, -0.15) is 0 Å². The third-order valence-electron chi connectivity index (χ3n) is 4.12. The van der Waals surface area contributed by atoms with Crippen LogP contribution in [0.1, 0.15) is 55.7 Å². The zero-order chi connectivity index (χ0) is 15.4. The molecule has 0 spiro atoms. The number of hydrogen-bond acceptors (Lipinski definition) is 3. The maximum absolute atomic E-state index is 4.47. The van der Waals surface area contributed by atoms with E-state index in [1.165, 1.54) is 16.8 Å². The summed E-state index contributed by atoms with van der Waals surface area (Å²) in [5.41, 5.74) is 5.97. The van der Waals surface area contributed by atoms with Crippen LogP contribution in [-0.2, 0) is 6.42 Å². The summed E-state index contributed by atoms with van der Waals surface area (Å²) in [4.78, 5) is 0. The maximum atomic E-state index is 4.47. The molecule has 0 aliphatic heterocycles. The Morgan fingerprint density at radius 3 is 2.57 bits per heavy atom. The van der Waals surface area contributed by atoms with E-state index in [1.54, 1.807) is 0 Å². The summed E-state index contributed by atoms with van der Waals surface area (Å²) in [5.74, 6) is 0. The average Bonchev–Trinajstić information content (AvgIpc) is 2.91. The molecule has 1 unspecified atom stereocenters. The molecule has 4 heteroatoms. The number of rotatable bonds is 6. The van der Waals surface area contributed by atoms with Gasteiger partial charge in [0.05, 0.1) is 17.4 Å². The highest BCUT2D eigenvalue weighted by Crippen LogP contribution is 2.24. The first-order valence-corrected chi connectivity index (χ1v) is 7.88. The predicted molar refractivity (Wildman–Crippen MR) is 86.9 cm³/mol. The van der Waals surface area contributed by atoms with Gasteiger partial charge in [0.1, 0.15) is 5.69 Å². The molecular weight excluding hydrogens is 260 g/mol. The summed E-state index contributed by atoms with van der Waals surface area (Å²) in [6, 6.07) is 6.62. The van der Waals surface area contributed by atoms with Crippen molar-refractivity contribution in [2.45, 2.75) is 53.5 Å². The van der Waals surface area contributed by atoms with Gasteiger partial charge in [0.25, 0.3) is 0 Å². The van der Waals surface area contributed by atoms with Crippen LogP contribution < -0.4 is 5.32 Å². The van der Waals surface area contributed by atoms with Crippen LogP contribution in [0.25, 0.3) is 5.69 Å². The van der Waals surface area contributed by atoms with Crippen molar-refractivity contribution in [2.75, 3.05) is 6.54 Å². The van der Waals surface area contributed by atoms with E-state index in [2.05, 4.69) is 68.4 Å². The van der Waals surface area contributed by atoms with Crippen molar-refractivity contribution in [3.63, 3.8) is 0 Å². The highest BCUT2D eigenvalue weighted by Gasteiger charge is 2.20. The van der Waals surface area contributed by atoms with Gasteiger partial charge in [-0.1, -0.05) is 38.1 Å². The van der Waals surface area contributed by atoms with Crippen LogP contribution in [0.2, 0.25) is 0 Å². The Kier molecular flexibility index (Phi) is 5.12. The van der Waals surface area contributed by atoms with E-state index in [1.807, 2.05) is 4.68 Å². The smallest absolute Gasteiger partial charge is 0.103 e. The SMILES string of the molecule is CCNC(CC)c1nnn(-c2cccc(C)c2C)c1CC. The molecule has 21 heavy (non-hydrogen) atoms. The van der Waals surface area contributed by atoms with Crippen LogP contribution in [0.4, 0.5) is 0 Å². The van der Waals surface area contributed by atoms with E-state index < -0.39 is 0 Å². The van der Waals surface area contributed by atoms with Crippen LogP contribution >= 0.6 is 0 Å². The molecule has 4 nitrogen and oxygen atoms in total. The third-order valence-corrected chi connectivity index (χ3v) is 4.12.